The van der Waals surface area contributed by atoms with Crippen LogP contribution in [0.2, 0.25) is 0 Å². The fourth-order valence-corrected chi connectivity index (χ4v) is 3.00. The third kappa shape index (κ3) is 8.38. The maximum Gasteiger partial charge on any atom is 0.338 e. The predicted molar refractivity (Wildman–Crippen MR) is 127 cm³/mol. The van der Waals surface area contributed by atoms with E-state index in [1.54, 1.807) is 31.2 Å². The molecule has 166 valence electrons. The summed E-state index contributed by atoms with van der Waals surface area (Å²) in [7, 11) is 0. The monoisotopic (exact) mass is 442 g/mol. The molecule has 0 aliphatic heterocycles. The highest BCUT2D eigenvalue weighted by atomic mass is 32.1. The first kappa shape index (κ1) is 24.3. The van der Waals surface area contributed by atoms with Crippen LogP contribution in [0, 0.1) is 0 Å². The van der Waals surface area contributed by atoms with E-state index >= 15 is 0 Å². The van der Waals surface area contributed by atoms with Crippen LogP contribution in [0.5, 0.6) is 5.75 Å². The first-order chi connectivity index (χ1) is 14.7. The number of thiocarbonyl (C=S) groups is 1. The van der Waals surface area contributed by atoms with Crippen molar-refractivity contribution in [1.29, 1.82) is 0 Å². The van der Waals surface area contributed by atoms with Crippen molar-refractivity contribution in [2.24, 2.45) is 0 Å². The van der Waals surface area contributed by atoms with Crippen LogP contribution in [0.4, 0.5) is 5.69 Å². The van der Waals surface area contributed by atoms with Gasteiger partial charge in [-0.25, -0.2) is 4.79 Å². The molecule has 0 spiro atoms. The molecule has 0 saturated carbocycles. The first-order valence-electron chi connectivity index (χ1n) is 10.3. The third-order valence-corrected chi connectivity index (χ3v) is 4.63. The Balaban J connectivity index is 1.72. The van der Waals surface area contributed by atoms with E-state index in [1.807, 2.05) is 12.1 Å². The lowest BCUT2D eigenvalue weighted by atomic mass is 9.87. The van der Waals surface area contributed by atoms with Crippen LogP contribution in [0.1, 0.15) is 56.5 Å². The number of amides is 1. The quantitative estimate of drug-likeness (QED) is 0.346. The van der Waals surface area contributed by atoms with E-state index in [2.05, 4.69) is 43.5 Å². The third-order valence-electron chi connectivity index (χ3n) is 4.42. The van der Waals surface area contributed by atoms with Gasteiger partial charge in [-0.1, -0.05) is 39.0 Å². The SMILES string of the molecule is CCOC(=O)c1cccc(NC(=S)NC(=O)CCCOc2ccc(C(C)(C)C)cc2)c1. The van der Waals surface area contributed by atoms with E-state index in [-0.39, 0.29) is 22.9 Å². The second-order valence-corrected chi connectivity index (χ2v) is 8.44. The number of rotatable bonds is 8. The molecule has 0 saturated heterocycles. The molecule has 2 N–H and O–H groups in total. The van der Waals surface area contributed by atoms with Gasteiger partial charge in [0.15, 0.2) is 5.11 Å². The molecule has 0 aliphatic carbocycles. The van der Waals surface area contributed by atoms with E-state index < -0.39 is 5.97 Å². The lowest BCUT2D eigenvalue weighted by Crippen LogP contribution is -2.34. The van der Waals surface area contributed by atoms with Gasteiger partial charge in [-0.2, -0.15) is 0 Å². The molecule has 0 aromatic heterocycles. The number of benzene rings is 2. The van der Waals surface area contributed by atoms with Gasteiger partial charge in [0.25, 0.3) is 0 Å². The Bertz CT molecular complexity index is 905. The highest BCUT2D eigenvalue weighted by Crippen LogP contribution is 2.24. The number of esters is 1. The zero-order chi connectivity index (χ0) is 22.9. The van der Waals surface area contributed by atoms with Gasteiger partial charge >= 0.3 is 5.97 Å². The van der Waals surface area contributed by atoms with Crippen molar-refractivity contribution in [3.63, 3.8) is 0 Å². The minimum absolute atomic E-state index is 0.100. The Labute approximate surface area is 189 Å². The van der Waals surface area contributed by atoms with Crippen LogP contribution in [0.25, 0.3) is 0 Å². The van der Waals surface area contributed by atoms with Crippen molar-refractivity contribution in [3.8, 4) is 5.75 Å². The fourth-order valence-electron chi connectivity index (χ4n) is 2.76. The van der Waals surface area contributed by atoms with Gasteiger partial charge in [0.2, 0.25) is 5.91 Å². The van der Waals surface area contributed by atoms with E-state index in [4.69, 9.17) is 21.7 Å². The van der Waals surface area contributed by atoms with Gasteiger partial charge in [0.05, 0.1) is 18.8 Å². The predicted octanol–water partition coefficient (Wildman–Crippen LogP) is 4.83. The van der Waals surface area contributed by atoms with Crippen molar-refractivity contribution in [2.75, 3.05) is 18.5 Å². The number of hydrogen-bond acceptors (Lipinski definition) is 5. The highest BCUT2D eigenvalue weighted by Gasteiger charge is 2.13. The average Bonchev–Trinajstić information content (AvgIpc) is 2.71. The van der Waals surface area contributed by atoms with Crippen LogP contribution < -0.4 is 15.4 Å². The van der Waals surface area contributed by atoms with Crippen molar-refractivity contribution in [3.05, 3.63) is 59.7 Å². The lowest BCUT2D eigenvalue weighted by Gasteiger charge is -2.19. The molecule has 0 bridgehead atoms. The molecule has 7 heteroatoms. The lowest BCUT2D eigenvalue weighted by molar-refractivity contribution is -0.119. The summed E-state index contributed by atoms with van der Waals surface area (Å²) in [4.78, 5) is 23.9. The molecule has 0 fully saturated rings. The number of anilines is 1. The molecule has 6 nitrogen and oxygen atoms in total. The summed E-state index contributed by atoms with van der Waals surface area (Å²) < 4.78 is 10.7. The summed E-state index contributed by atoms with van der Waals surface area (Å²) in [6.45, 7) is 8.98. The normalized spacial score (nSPS) is 10.8. The standard InChI is InChI=1S/C24H30N2O4S/c1-5-29-22(28)17-8-6-9-19(16-17)25-23(31)26-21(27)10-7-15-30-20-13-11-18(12-14-20)24(2,3)4/h6,8-9,11-14,16H,5,7,10,15H2,1-4H3,(H2,25,26,27,31). The molecular weight excluding hydrogens is 412 g/mol. The molecular formula is C24H30N2O4S. The maximum absolute atomic E-state index is 12.1. The molecule has 31 heavy (non-hydrogen) atoms. The van der Waals surface area contributed by atoms with Crippen LogP contribution >= 0.6 is 12.2 Å². The zero-order valence-electron chi connectivity index (χ0n) is 18.5. The molecule has 1 amide bonds. The van der Waals surface area contributed by atoms with Crippen LogP contribution in [0.15, 0.2) is 48.5 Å². The smallest absolute Gasteiger partial charge is 0.338 e. The Hall–Kier alpha value is -2.93. The molecule has 0 atom stereocenters. The van der Waals surface area contributed by atoms with Crippen molar-refractivity contribution < 1.29 is 19.1 Å². The number of carbonyl (C=O) groups is 2. The average molecular weight is 443 g/mol. The van der Waals surface area contributed by atoms with Crippen LogP contribution in [-0.4, -0.2) is 30.2 Å². The maximum atomic E-state index is 12.1. The van der Waals surface area contributed by atoms with Gasteiger partial charge in [-0.15, -0.1) is 0 Å². The van der Waals surface area contributed by atoms with Crippen LogP contribution in [-0.2, 0) is 14.9 Å². The topological polar surface area (TPSA) is 76.7 Å². The van der Waals surface area contributed by atoms with Crippen molar-refractivity contribution >= 4 is 34.9 Å². The van der Waals surface area contributed by atoms with E-state index in [0.29, 0.717) is 30.9 Å². The largest absolute Gasteiger partial charge is 0.494 e. The minimum atomic E-state index is -0.408. The fraction of sp³-hybridized carbons (Fsp3) is 0.375. The molecule has 2 rings (SSSR count). The summed E-state index contributed by atoms with van der Waals surface area (Å²) in [6.07, 6.45) is 0.846. The summed E-state index contributed by atoms with van der Waals surface area (Å²) >= 11 is 5.18. The summed E-state index contributed by atoms with van der Waals surface area (Å²) in [5, 5.41) is 5.71. The Morgan fingerprint density at radius 2 is 1.77 bits per heavy atom. The second kappa shape index (κ2) is 11.5. The molecule has 0 radical (unpaired) electrons. The number of ether oxygens (including phenoxy) is 2. The number of nitrogens with one attached hydrogen (secondary N) is 2. The van der Waals surface area contributed by atoms with Gasteiger partial charge in [0.1, 0.15) is 5.75 Å². The summed E-state index contributed by atoms with van der Waals surface area (Å²) in [5.41, 5.74) is 2.35. The Morgan fingerprint density at radius 1 is 1.06 bits per heavy atom. The van der Waals surface area contributed by atoms with Gasteiger partial charge < -0.3 is 20.1 Å². The molecule has 2 aromatic rings. The van der Waals surface area contributed by atoms with Crippen LogP contribution in [0.3, 0.4) is 0 Å². The molecule has 0 aliphatic rings. The number of hydrogen-bond donors (Lipinski definition) is 2. The van der Waals surface area contributed by atoms with E-state index in [0.717, 1.165) is 5.75 Å². The van der Waals surface area contributed by atoms with Crippen molar-refractivity contribution in [2.45, 2.75) is 46.0 Å². The second-order valence-electron chi connectivity index (χ2n) is 8.03. The summed E-state index contributed by atoms with van der Waals surface area (Å²) in [6, 6.07) is 14.8. The van der Waals surface area contributed by atoms with Gasteiger partial charge in [-0.3, -0.25) is 4.79 Å². The van der Waals surface area contributed by atoms with Gasteiger partial charge in [-0.05, 0) is 66.9 Å². The van der Waals surface area contributed by atoms with E-state index in [9.17, 15) is 9.59 Å². The molecule has 0 unspecified atom stereocenters. The highest BCUT2D eigenvalue weighted by molar-refractivity contribution is 7.80. The Morgan fingerprint density at radius 3 is 2.42 bits per heavy atom. The molecule has 0 heterocycles. The molecule has 2 aromatic carbocycles. The summed E-state index contributed by atoms with van der Waals surface area (Å²) in [5.74, 6) is 0.173. The number of carbonyl (C=O) groups excluding carboxylic acids is 2. The minimum Gasteiger partial charge on any atom is -0.494 e. The van der Waals surface area contributed by atoms with Gasteiger partial charge in [0, 0.05) is 12.1 Å². The van der Waals surface area contributed by atoms with Crippen molar-refractivity contribution in [1.82, 2.24) is 5.32 Å². The Kier molecular flexibility index (Phi) is 9.00. The first-order valence-corrected chi connectivity index (χ1v) is 10.7. The van der Waals surface area contributed by atoms with E-state index in [1.165, 1.54) is 5.56 Å². The zero-order valence-corrected chi connectivity index (χ0v) is 19.3.